The van der Waals surface area contributed by atoms with E-state index in [1.54, 1.807) is 0 Å². The van der Waals surface area contributed by atoms with E-state index in [4.69, 9.17) is 27.4 Å². The van der Waals surface area contributed by atoms with E-state index in [9.17, 15) is 24.3 Å². The number of carboxylic acids is 1. The molecule has 0 fully saturated rings. The molecule has 0 saturated carbocycles. The third kappa shape index (κ3) is 9.05. The van der Waals surface area contributed by atoms with Crippen molar-refractivity contribution in [2.24, 2.45) is 17.2 Å². The van der Waals surface area contributed by atoms with Gasteiger partial charge in [0.25, 0.3) is 0 Å². The smallest absolute Gasteiger partial charge is 0.326 e. The Labute approximate surface area is 162 Å². The molecule has 0 aliphatic heterocycles. The summed E-state index contributed by atoms with van der Waals surface area (Å²) in [5, 5.41) is 34.1. The van der Waals surface area contributed by atoms with Crippen molar-refractivity contribution in [3.05, 3.63) is 0 Å². The Morgan fingerprint density at radius 2 is 1.29 bits per heavy atom. The van der Waals surface area contributed by atoms with Crippen molar-refractivity contribution in [2.45, 2.75) is 43.4 Å². The van der Waals surface area contributed by atoms with Crippen LogP contribution in [0.1, 0.15) is 19.3 Å². The normalized spacial score (nSPS) is 15.0. The fourth-order valence-electron chi connectivity index (χ4n) is 2.12. The minimum Gasteiger partial charge on any atom is -0.480 e. The molecule has 0 aromatic heterocycles. The Morgan fingerprint density at radius 3 is 1.75 bits per heavy atom. The highest BCUT2D eigenvalue weighted by Crippen LogP contribution is 2.00. The summed E-state index contributed by atoms with van der Waals surface area (Å²) in [6.45, 7) is -1.20. The molecule has 0 aliphatic rings. The summed E-state index contributed by atoms with van der Waals surface area (Å²) >= 11 is 0. The van der Waals surface area contributed by atoms with Crippen molar-refractivity contribution >= 4 is 23.7 Å². The van der Waals surface area contributed by atoms with Crippen LogP contribution < -0.4 is 33.2 Å². The summed E-state index contributed by atoms with van der Waals surface area (Å²) in [7, 11) is 0. The number of carbonyl (C=O) groups is 4. The van der Waals surface area contributed by atoms with Crippen LogP contribution in [0.5, 0.6) is 0 Å². The average molecular weight is 406 g/mol. The van der Waals surface area contributed by atoms with Gasteiger partial charge in [0.05, 0.1) is 13.2 Å². The van der Waals surface area contributed by atoms with E-state index in [2.05, 4.69) is 16.0 Å². The number of nitrogens with two attached hydrogens (primary N) is 3. The topological polar surface area (TPSA) is 243 Å². The Bertz CT molecular complexity index is 533. The third-order valence-electron chi connectivity index (χ3n) is 3.75. The molecule has 0 spiro atoms. The van der Waals surface area contributed by atoms with Gasteiger partial charge in [0.2, 0.25) is 17.7 Å². The minimum absolute atomic E-state index is 0.00566. The molecule has 0 unspecified atom stereocenters. The maximum absolute atomic E-state index is 12.4. The van der Waals surface area contributed by atoms with Crippen molar-refractivity contribution in [3.8, 4) is 0 Å². The molecule has 0 aliphatic carbocycles. The molecule has 0 aromatic rings. The van der Waals surface area contributed by atoms with Gasteiger partial charge in [-0.3, -0.25) is 14.4 Å². The zero-order valence-electron chi connectivity index (χ0n) is 15.5. The van der Waals surface area contributed by atoms with Crippen molar-refractivity contribution in [1.82, 2.24) is 16.0 Å². The lowest BCUT2D eigenvalue weighted by molar-refractivity contribution is -0.142. The number of carbonyl (C=O) groups excluding carboxylic acids is 3. The molecule has 13 heteroatoms. The maximum atomic E-state index is 12.4. The number of amides is 3. The average Bonchev–Trinajstić information content (AvgIpc) is 2.67. The van der Waals surface area contributed by atoms with Crippen LogP contribution in [0.25, 0.3) is 0 Å². The molecule has 12 N–H and O–H groups in total. The van der Waals surface area contributed by atoms with Gasteiger partial charge in [0.1, 0.15) is 24.2 Å². The number of carboxylic acid groups (broad SMARTS) is 1. The number of aliphatic hydroxyl groups excluding tert-OH is 2. The van der Waals surface area contributed by atoms with Crippen LogP contribution in [0.4, 0.5) is 0 Å². The van der Waals surface area contributed by atoms with Gasteiger partial charge in [-0.25, -0.2) is 4.79 Å². The predicted octanol–water partition coefficient (Wildman–Crippen LogP) is -5.07. The summed E-state index contributed by atoms with van der Waals surface area (Å²) in [4.78, 5) is 47.5. The number of nitrogens with one attached hydrogen (secondary N) is 3. The van der Waals surface area contributed by atoms with E-state index in [1.165, 1.54) is 0 Å². The second-order valence-corrected chi connectivity index (χ2v) is 6.00. The molecule has 4 atom stereocenters. The molecular formula is C15H30N6O7. The molecule has 162 valence electrons. The highest BCUT2D eigenvalue weighted by molar-refractivity contribution is 5.94. The van der Waals surface area contributed by atoms with Gasteiger partial charge in [-0.2, -0.15) is 0 Å². The number of aliphatic carboxylic acids is 1. The number of aliphatic hydroxyl groups is 2. The second kappa shape index (κ2) is 13.8. The highest BCUT2D eigenvalue weighted by Gasteiger charge is 2.29. The summed E-state index contributed by atoms with van der Waals surface area (Å²) in [6.07, 6.45) is 0.443. The zero-order chi connectivity index (χ0) is 21.7. The van der Waals surface area contributed by atoms with Crippen LogP contribution in [0, 0.1) is 0 Å². The minimum atomic E-state index is -1.45. The van der Waals surface area contributed by atoms with Gasteiger partial charge in [0, 0.05) is 0 Å². The van der Waals surface area contributed by atoms with E-state index in [0.717, 1.165) is 0 Å². The highest BCUT2D eigenvalue weighted by atomic mass is 16.4. The van der Waals surface area contributed by atoms with E-state index in [0.29, 0.717) is 6.42 Å². The largest absolute Gasteiger partial charge is 0.480 e. The SMILES string of the molecule is NCCC[C@@H](NC(=O)[C@H](N)CO)C(=O)N[C@@H](CO)C(=O)N[C@@H](CCN)C(=O)O. The van der Waals surface area contributed by atoms with Crippen LogP contribution in [0.15, 0.2) is 0 Å². The lowest BCUT2D eigenvalue weighted by atomic mass is 10.1. The molecule has 13 nitrogen and oxygen atoms in total. The predicted molar refractivity (Wildman–Crippen MR) is 97.5 cm³/mol. The quantitative estimate of drug-likeness (QED) is 0.133. The van der Waals surface area contributed by atoms with Crippen LogP contribution in [-0.4, -0.2) is 89.5 Å². The number of rotatable bonds is 14. The molecular weight excluding hydrogens is 376 g/mol. The van der Waals surface area contributed by atoms with Crippen molar-refractivity contribution in [2.75, 3.05) is 26.3 Å². The monoisotopic (exact) mass is 406 g/mol. The molecule has 28 heavy (non-hydrogen) atoms. The lowest BCUT2D eigenvalue weighted by Gasteiger charge is -2.24. The molecule has 0 bridgehead atoms. The van der Waals surface area contributed by atoms with Gasteiger partial charge < -0.3 is 48.5 Å². The summed E-state index contributed by atoms with van der Waals surface area (Å²) in [5.74, 6) is -3.81. The van der Waals surface area contributed by atoms with Gasteiger partial charge in [0.15, 0.2) is 0 Å². The van der Waals surface area contributed by atoms with Gasteiger partial charge in [-0.15, -0.1) is 0 Å². The van der Waals surface area contributed by atoms with Gasteiger partial charge >= 0.3 is 5.97 Å². The second-order valence-electron chi connectivity index (χ2n) is 6.00. The molecule has 0 radical (unpaired) electrons. The van der Waals surface area contributed by atoms with E-state index >= 15 is 0 Å². The van der Waals surface area contributed by atoms with Gasteiger partial charge in [-0.1, -0.05) is 0 Å². The van der Waals surface area contributed by atoms with Crippen molar-refractivity contribution in [3.63, 3.8) is 0 Å². The molecule has 3 amide bonds. The molecule has 0 heterocycles. The zero-order valence-corrected chi connectivity index (χ0v) is 15.5. The fraction of sp³-hybridized carbons (Fsp3) is 0.733. The van der Waals surface area contributed by atoms with Crippen LogP contribution >= 0.6 is 0 Å². The van der Waals surface area contributed by atoms with E-state index in [-0.39, 0.29) is 25.9 Å². The van der Waals surface area contributed by atoms with Crippen molar-refractivity contribution < 1.29 is 34.5 Å². The molecule has 0 aromatic carbocycles. The molecule has 0 saturated heterocycles. The van der Waals surface area contributed by atoms with Crippen LogP contribution in [0.3, 0.4) is 0 Å². The summed E-state index contributed by atoms with van der Waals surface area (Å²) in [6, 6.07) is -5.08. The summed E-state index contributed by atoms with van der Waals surface area (Å²) in [5.41, 5.74) is 16.1. The first-order chi connectivity index (χ1) is 13.2. The summed E-state index contributed by atoms with van der Waals surface area (Å²) < 4.78 is 0. The Hall–Kier alpha value is -2.32. The lowest BCUT2D eigenvalue weighted by Crippen LogP contribution is -2.58. The number of hydrogen-bond acceptors (Lipinski definition) is 9. The maximum Gasteiger partial charge on any atom is 0.326 e. The first-order valence-electron chi connectivity index (χ1n) is 8.73. The third-order valence-corrected chi connectivity index (χ3v) is 3.75. The first kappa shape index (κ1) is 25.7. The van der Waals surface area contributed by atoms with Crippen molar-refractivity contribution in [1.29, 1.82) is 0 Å². The molecule has 0 rings (SSSR count). The Morgan fingerprint density at radius 1 is 0.750 bits per heavy atom. The van der Waals surface area contributed by atoms with Gasteiger partial charge in [-0.05, 0) is 32.4 Å². The standard InChI is InChI=1S/C15H30N6O7/c16-4-1-2-9(19-12(24)8(18)6-22)13(25)21-11(7-23)14(26)20-10(3-5-17)15(27)28/h8-11,22-23H,1-7,16-18H2,(H,19,24)(H,20,26)(H,21,25)(H,27,28)/t8-,9-,10+,11+/m1/s1. The Balaban J connectivity index is 5.08. The fourth-order valence-corrected chi connectivity index (χ4v) is 2.12. The first-order valence-corrected chi connectivity index (χ1v) is 8.73. The van der Waals surface area contributed by atoms with E-state index in [1.807, 2.05) is 0 Å². The van der Waals surface area contributed by atoms with Crippen LogP contribution in [0.2, 0.25) is 0 Å². The van der Waals surface area contributed by atoms with Crippen LogP contribution in [-0.2, 0) is 19.2 Å². The Kier molecular flexibility index (Phi) is 12.6. The van der Waals surface area contributed by atoms with E-state index < -0.39 is 61.1 Å². The number of hydrogen-bond donors (Lipinski definition) is 9.